The summed E-state index contributed by atoms with van der Waals surface area (Å²) in [7, 11) is 1.46. The van der Waals surface area contributed by atoms with Gasteiger partial charge in [-0.05, 0) is 78.4 Å². The number of hydrazone groups is 1. The molecule has 4 aromatic carbocycles. The number of hydrogen-bond acceptors (Lipinski definition) is 6. The van der Waals surface area contributed by atoms with E-state index in [-0.39, 0.29) is 12.4 Å². The van der Waals surface area contributed by atoms with Crippen molar-refractivity contribution in [3.8, 4) is 17.2 Å². The summed E-state index contributed by atoms with van der Waals surface area (Å²) >= 11 is 15.4. The third-order valence-corrected chi connectivity index (χ3v) is 6.44. The van der Waals surface area contributed by atoms with Crippen molar-refractivity contribution in [2.45, 2.75) is 6.61 Å². The SMILES string of the molecule is COc1cc(/C=N/NC(=O)c2ccc(OCc3ccc(Cl)cc3Cl)cc2)ccc1OC(=O)c1cccc(Br)c1. The second kappa shape index (κ2) is 13.3. The first-order valence-electron chi connectivity index (χ1n) is 11.5. The average Bonchev–Trinajstić information content (AvgIpc) is 2.93. The minimum Gasteiger partial charge on any atom is -0.493 e. The van der Waals surface area contributed by atoms with Crippen LogP contribution >= 0.6 is 39.1 Å². The zero-order valence-corrected chi connectivity index (χ0v) is 23.6. The molecule has 198 valence electrons. The molecule has 0 atom stereocenters. The Kier molecular flexibility index (Phi) is 9.59. The van der Waals surface area contributed by atoms with Crippen molar-refractivity contribution < 1.29 is 23.8 Å². The summed E-state index contributed by atoms with van der Waals surface area (Å²) in [5.74, 6) is 0.251. The van der Waals surface area contributed by atoms with E-state index in [0.29, 0.717) is 38.2 Å². The molecule has 0 aliphatic rings. The van der Waals surface area contributed by atoms with Gasteiger partial charge in [-0.25, -0.2) is 10.2 Å². The van der Waals surface area contributed by atoms with Gasteiger partial charge in [0, 0.05) is 25.6 Å². The van der Waals surface area contributed by atoms with Crippen LogP contribution in [0.25, 0.3) is 0 Å². The summed E-state index contributed by atoms with van der Waals surface area (Å²) < 4.78 is 17.3. The van der Waals surface area contributed by atoms with Gasteiger partial charge in [-0.3, -0.25) is 4.79 Å². The van der Waals surface area contributed by atoms with Crippen LogP contribution in [0.3, 0.4) is 0 Å². The Balaban J connectivity index is 1.32. The van der Waals surface area contributed by atoms with Gasteiger partial charge in [-0.15, -0.1) is 0 Å². The molecule has 0 aliphatic carbocycles. The van der Waals surface area contributed by atoms with Crippen molar-refractivity contribution in [3.05, 3.63) is 122 Å². The lowest BCUT2D eigenvalue weighted by molar-refractivity contribution is 0.0729. The van der Waals surface area contributed by atoms with E-state index in [1.807, 2.05) is 6.07 Å². The average molecular weight is 628 g/mol. The number of hydrogen-bond donors (Lipinski definition) is 1. The first kappa shape index (κ1) is 28.2. The molecule has 0 fully saturated rings. The van der Waals surface area contributed by atoms with Crippen molar-refractivity contribution in [2.75, 3.05) is 7.11 Å². The Labute approximate surface area is 243 Å². The quantitative estimate of drug-likeness (QED) is 0.0909. The highest BCUT2D eigenvalue weighted by atomic mass is 79.9. The van der Waals surface area contributed by atoms with E-state index in [1.165, 1.54) is 13.3 Å². The molecule has 0 aliphatic heterocycles. The maximum Gasteiger partial charge on any atom is 0.343 e. The molecule has 0 heterocycles. The number of carbonyl (C=O) groups excluding carboxylic acids is 2. The number of nitrogens with one attached hydrogen (secondary N) is 1. The molecular formula is C29H21BrCl2N2O5. The number of rotatable bonds is 9. The lowest BCUT2D eigenvalue weighted by Crippen LogP contribution is -2.17. The predicted molar refractivity (Wildman–Crippen MR) is 154 cm³/mol. The lowest BCUT2D eigenvalue weighted by atomic mass is 10.2. The van der Waals surface area contributed by atoms with E-state index in [4.69, 9.17) is 37.4 Å². The molecule has 0 spiro atoms. The first-order chi connectivity index (χ1) is 18.8. The van der Waals surface area contributed by atoms with Crippen LogP contribution in [0.1, 0.15) is 31.8 Å². The van der Waals surface area contributed by atoms with Gasteiger partial charge in [-0.1, -0.05) is 51.3 Å². The van der Waals surface area contributed by atoms with Gasteiger partial charge < -0.3 is 14.2 Å². The van der Waals surface area contributed by atoms with E-state index in [9.17, 15) is 9.59 Å². The van der Waals surface area contributed by atoms with Gasteiger partial charge in [0.25, 0.3) is 5.91 Å². The first-order valence-corrected chi connectivity index (χ1v) is 13.0. The fraction of sp³-hybridized carbons (Fsp3) is 0.0690. The molecule has 4 rings (SSSR count). The summed E-state index contributed by atoms with van der Waals surface area (Å²) in [6.07, 6.45) is 1.45. The molecule has 0 saturated heterocycles. The molecular weight excluding hydrogens is 607 g/mol. The zero-order chi connectivity index (χ0) is 27.8. The summed E-state index contributed by atoms with van der Waals surface area (Å²) in [5.41, 5.74) is 4.69. The normalized spacial score (nSPS) is 10.8. The highest BCUT2D eigenvalue weighted by Crippen LogP contribution is 2.29. The third kappa shape index (κ3) is 7.83. The maximum atomic E-state index is 12.5. The van der Waals surface area contributed by atoms with Gasteiger partial charge in [0.1, 0.15) is 12.4 Å². The Bertz CT molecular complexity index is 1530. The summed E-state index contributed by atoms with van der Waals surface area (Å²) in [5, 5.41) is 5.08. The summed E-state index contributed by atoms with van der Waals surface area (Å²) in [4.78, 5) is 24.9. The lowest BCUT2D eigenvalue weighted by Gasteiger charge is -2.10. The number of benzene rings is 4. The van der Waals surface area contributed by atoms with Crippen molar-refractivity contribution >= 4 is 57.2 Å². The largest absolute Gasteiger partial charge is 0.493 e. The third-order valence-electron chi connectivity index (χ3n) is 5.36. The number of carbonyl (C=O) groups is 2. The molecule has 10 heteroatoms. The van der Waals surface area contributed by atoms with Gasteiger partial charge in [0.05, 0.1) is 18.9 Å². The highest BCUT2D eigenvalue weighted by molar-refractivity contribution is 9.10. The standard InChI is InChI=1S/C29H21BrCl2N2O5/c1-37-27-13-18(5-12-26(27)39-29(36)20-3-2-4-22(30)14-20)16-33-34-28(35)19-7-10-24(11-8-19)38-17-21-6-9-23(31)15-25(21)32/h2-16H,17H2,1H3,(H,34,35)/b33-16+. The molecule has 0 radical (unpaired) electrons. The van der Waals surface area contributed by atoms with E-state index in [1.54, 1.807) is 78.9 Å². The van der Waals surface area contributed by atoms with Crippen LogP contribution < -0.4 is 19.6 Å². The van der Waals surface area contributed by atoms with E-state index in [2.05, 4.69) is 26.5 Å². The van der Waals surface area contributed by atoms with Crippen molar-refractivity contribution in [3.63, 3.8) is 0 Å². The van der Waals surface area contributed by atoms with Crippen LogP contribution in [-0.4, -0.2) is 25.2 Å². The molecule has 0 aromatic heterocycles. The minimum atomic E-state index is -0.520. The summed E-state index contributed by atoms with van der Waals surface area (Å²) in [6, 6.07) is 23.6. The molecule has 0 bridgehead atoms. The number of methoxy groups -OCH3 is 1. The number of amides is 1. The topological polar surface area (TPSA) is 86.2 Å². The Hall–Kier alpha value is -3.85. The van der Waals surface area contributed by atoms with Gasteiger partial charge in [-0.2, -0.15) is 5.10 Å². The second-order valence-electron chi connectivity index (χ2n) is 8.06. The smallest absolute Gasteiger partial charge is 0.343 e. The molecule has 7 nitrogen and oxygen atoms in total. The fourth-order valence-electron chi connectivity index (χ4n) is 3.36. The molecule has 0 unspecified atom stereocenters. The second-order valence-corrected chi connectivity index (χ2v) is 9.82. The zero-order valence-electron chi connectivity index (χ0n) is 20.5. The van der Waals surface area contributed by atoms with Gasteiger partial charge in [0.2, 0.25) is 0 Å². The van der Waals surface area contributed by atoms with Crippen LogP contribution in [0.15, 0.2) is 94.5 Å². The van der Waals surface area contributed by atoms with Gasteiger partial charge in [0.15, 0.2) is 11.5 Å². The number of ether oxygens (including phenoxy) is 3. The van der Waals surface area contributed by atoms with E-state index < -0.39 is 11.9 Å². The van der Waals surface area contributed by atoms with Gasteiger partial charge >= 0.3 is 5.97 Å². The number of esters is 1. The molecule has 1 N–H and O–H groups in total. The molecule has 4 aromatic rings. The van der Waals surface area contributed by atoms with Crippen LogP contribution in [0, 0.1) is 0 Å². The van der Waals surface area contributed by atoms with Crippen LogP contribution in [0.5, 0.6) is 17.2 Å². The van der Waals surface area contributed by atoms with E-state index in [0.717, 1.165) is 10.0 Å². The summed E-state index contributed by atoms with van der Waals surface area (Å²) in [6.45, 7) is 0.261. The van der Waals surface area contributed by atoms with Crippen LogP contribution in [0.2, 0.25) is 10.0 Å². The van der Waals surface area contributed by atoms with Crippen molar-refractivity contribution in [1.29, 1.82) is 0 Å². The Morgan fingerprint density at radius 3 is 2.44 bits per heavy atom. The Morgan fingerprint density at radius 1 is 0.923 bits per heavy atom. The maximum absolute atomic E-state index is 12.5. The molecule has 0 saturated carbocycles. The Morgan fingerprint density at radius 2 is 1.72 bits per heavy atom. The highest BCUT2D eigenvalue weighted by Gasteiger charge is 2.13. The van der Waals surface area contributed by atoms with Crippen molar-refractivity contribution in [1.82, 2.24) is 5.43 Å². The number of halogens is 3. The monoisotopic (exact) mass is 626 g/mol. The fourth-order valence-corrected chi connectivity index (χ4v) is 4.22. The van der Waals surface area contributed by atoms with Crippen LogP contribution in [-0.2, 0) is 6.61 Å². The van der Waals surface area contributed by atoms with E-state index >= 15 is 0 Å². The predicted octanol–water partition coefficient (Wildman–Crippen LogP) is 7.33. The molecule has 1 amide bonds. The molecule has 39 heavy (non-hydrogen) atoms. The number of nitrogens with zero attached hydrogens (tertiary/aromatic N) is 1. The minimum absolute atomic E-state index is 0.254. The van der Waals surface area contributed by atoms with Crippen molar-refractivity contribution in [2.24, 2.45) is 5.10 Å². The van der Waals surface area contributed by atoms with Crippen LogP contribution in [0.4, 0.5) is 0 Å².